The molecule has 0 bridgehead atoms. The lowest BCUT2D eigenvalue weighted by Gasteiger charge is -2.27. The van der Waals surface area contributed by atoms with E-state index in [1.165, 1.54) is 4.90 Å². The minimum absolute atomic E-state index is 0.0680. The van der Waals surface area contributed by atoms with Crippen LogP contribution >= 0.6 is 0 Å². The van der Waals surface area contributed by atoms with E-state index < -0.39 is 17.4 Å². The van der Waals surface area contributed by atoms with Gasteiger partial charge in [-0.15, -0.1) is 0 Å². The molecule has 0 radical (unpaired) electrons. The molecule has 3 amide bonds. The number of hydrogen-bond donors (Lipinski definition) is 3. The zero-order chi connectivity index (χ0) is 15.3. The molecule has 1 rings (SSSR count). The molecule has 0 spiro atoms. The first-order chi connectivity index (χ1) is 9.27. The van der Waals surface area contributed by atoms with Crippen LogP contribution in [0.3, 0.4) is 0 Å². The highest BCUT2D eigenvalue weighted by Crippen LogP contribution is 2.38. The molecule has 0 aliphatic heterocycles. The molecule has 2 atom stereocenters. The summed E-state index contributed by atoms with van der Waals surface area (Å²) in [6.07, 6.45) is 2.23. The Balaban J connectivity index is 2.39. The first-order valence-electron chi connectivity index (χ1n) is 6.75. The van der Waals surface area contributed by atoms with Gasteiger partial charge in [-0.2, -0.15) is 0 Å². The van der Waals surface area contributed by atoms with Gasteiger partial charge in [0.25, 0.3) is 0 Å². The van der Waals surface area contributed by atoms with Crippen LogP contribution in [0.1, 0.15) is 32.6 Å². The van der Waals surface area contributed by atoms with Crippen LogP contribution in [0.25, 0.3) is 0 Å². The zero-order valence-electron chi connectivity index (χ0n) is 12.2. The number of nitrogens with zero attached hydrogens (tertiary/aromatic N) is 1. The van der Waals surface area contributed by atoms with Crippen molar-refractivity contribution in [2.75, 3.05) is 20.6 Å². The van der Waals surface area contributed by atoms with Crippen molar-refractivity contribution in [3.05, 3.63) is 0 Å². The lowest BCUT2D eigenvalue weighted by Crippen LogP contribution is -2.50. The molecule has 1 aliphatic rings. The van der Waals surface area contributed by atoms with E-state index in [0.29, 0.717) is 12.8 Å². The van der Waals surface area contributed by atoms with Crippen LogP contribution in [-0.2, 0) is 9.59 Å². The number of carboxylic acid groups (broad SMARTS) is 1. The highest BCUT2D eigenvalue weighted by molar-refractivity contribution is 5.80. The van der Waals surface area contributed by atoms with Crippen molar-refractivity contribution < 1.29 is 19.5 Å². The van der Waals surface area contributed by atoms with Gasteiger partial charge < -0.3 is 20.6 Å². The average molecular weight is 285 g/mol. The number of amides is 3. The van der Waals surface area contributed by atoms with Crippen molar-refractivity contribution in [3.63, 3.8) is 0 Å². The van der Waals surface area contributed by atoms with Gasteiger partial charge in [-0.05, 0) is 19.8 Å². The largest absolute Gasteiger partial charge is 0.481 e. The summed E-state index contributed by atoms with van der Waals surface area (Å²) in [5.41, 5.74) is -0.906. The molecule has 1 fully saturated rings. The maximum atomic E-state index is 11.7. The second-order valence-corrected chi connectivity index (χ2v) is 5.61. The Kier molecular flexibility index (Phi) is 5.35. The summed E-state index contributed by atoms with van der Waals surface area (Å²) >= 11 is 0. The Bertz CT molecular complexity index is 397. The van der Waals surface area contributed by atoms with Gasteiger partial charge in [0, 0.05) is 33.1 Å². The minimum Gasteiger partial charge on any atom is -0.481 e. The van der Waals surface area contributed by atoms with Gasteiger partial charge in [0.15, 0.2) is 0 Å². The molecule has 114 valence electrons. The van der Waals surface area contributed by atoms with Crippen LogP contribution in [0.15, 0.2) is 0 Å². The van der Waals surface area contributed by atoms with Crippen molar-refractivity contribution >= 4 is 17.9 Å². The normalized spacial score (nSPS) is 25.1. The smallest absolute Gasteiger partial charge is 0.315 e. The summed E-state index contributed by atoms with van der Waals surface area (Å²) in [4.78, 5) is 35.8. The van der Waals surface area contributed by atoms with E-state index in [9.17, 15) is 19.5 Å². The maximum absolute atomic E-state index is 11.7. The first kappa shape index (κ1) is 16.3. The Morgan fingerprint density at radius 1 is 1.35 bits per heavy atom. The lowest BCUT2D eigenvalue weighted by atomic mass is 9.85. The Morgan fingerprint density at radius 3 is 2.55 bits per heavy atom. The Labute approximate surface area is 118 Å². The van der Waals surface area contributed by atoms with Crippen molar-refractivity contribution in [2.24, 2.45) is 5.41 Å². The van der Waals surface area contributed by atoms with Gasteiger partial charge >= 0.3 is 12.0 Å². The summed E-state index contributed by atoms with van der Waals surface area (Å²) in [6.45, 7) is 1.89. The van der Waals surface area contributed by atoms with E-state index in [0.717, 1.165) is 6.42 Å². The van der Waals surface area contributed by atoms with E-state index in [1.807, 2.05) is 0 Å². The summed E-state index contributed by atoms with van der Waals surface area (Å²) in [5.74, 6) is -0.954. The monoisotopic (exact) mass is 285 g/mol. The maximum Gasteiger partial charge on any atom is 0.315 e. The Morgan fingerprint density at radius 2 is 2.00 bits per heavy atom. The molecule has 0 aromatic heterocycles. The third-order valence-corrected chi connectivity index (χ3v) is 3.88. The molecular weight excluding hydrogens is 262 g/mol. The standard InChI is InChI=1S/C13H23N3O4/c1-13(11(18)19)7-4-5-9(13)15-12(20)14-8-6-10(17)16(2)3/h9H,4-8H2,1-3H3,(H,18,19)(H2,14,15,20). The third-order valence-electron chi connectivity index (χ3n) is 3.88. The molecule has 2 unspecified atom stereocenters. The molecule has 0 heterocycles. The summed E-state index contributed by atoms with van der Waals surface area (Å²) in [6, 6.07) is -0.791. The van der Waals surface area contributed by atoms with E-state index in [-0.39, 0.29) is 24.9 Å². The average Bonchev–Trinajstić information content (AvgIpc) is 2.72. The highest BCUT2D eigenvalue weighted by Gasteiger charge is 2.45. The fraction of sp³-hybridized carbons (Fsp3) is 0.769. The minimum atomic E-state index is -0.906. The zero-order valence-corrected chi connectivity index (χ0v) is 12.2. The van der Waals surface area contributed by atoms with Gasteiger partial charge in [-0.25, -0.2) is 4.79 Å². The fourth-order valence-corrected chi connectivity index (χ4v) is 2.37. The van der Waals surface area contributed by atoms with Crippen LogP contribution in [-0.4, -0.2) is 54.6 Å². The second kappa shape index (κ2) is 6.58. The number of carbonyl (C=O) groups is 3. The first-order valence-corrected chi connectivity index (χ1v) is 6.75. The molecule has 7 nitrogen and oxygen atoms in total. The fourth-order valence-electron chi connectivity index (χ4n) is 2.37. The van der Waals surface area contributed by atoms with Gasteiger partial charge in [0.1, 0.15) is 0 Å². The van der Waals surface area contributed by atoms with E-state index in [2.05, 4.69) is 10.6 Å². The van der Waals surface area contributed by atoms with Gasteiger partial charge in [-0.1, -0.05) is 6.42 Å². The molecule has 20 heavy (non-hydrogen) atoms. The quantitative estimate of drug-likeness (QED) is 0.681. The Hall–Kier alpha value is -1.79. The van der Waals surface area contributed by atoms with E-state index >= 15 is 0 Å². The summed E-state index contributed by atoms with van der Waals surface area (Å²) in [7, 11) is 3.30. The van der Waals surface area contributed by atoms with Crippen molar-refractivity contribution in [2.45, 2.75) is 38.6 Å². The van der Waals surface area contributed by atoms with Crippen molar-refractivity contribution in [1.82, 2.24) is 15.5 Å². The molecule has 1 saturated carbocycles. The van der Waals surface area contributed by atoms with Crippen molar-refractivity contribution in [3.8, 4) is 0 Å². The van der Waals surface area contributed by atoms with Gasteiger partial charge in [0.2, 0.25) is 5.91 Å². The number of hydrogen-bond acceptors (Lipinski definition) is 3. The summed E-state index contributed by atoms with van der Waals surface area (Å²) < 4.78 is 0. The van der Waals surface area contributed by atoms with Gasteiger partial charge in [0.05, 0.1) is 5.41 Å². The summed E-state index contributed by atoms with van der Waals surface area (Å²) in [5, 5.41) is 14.5. The van der Waals surface area contributed by atoms with Crippen molar-refractivity contribution in [1.29, 1.82) is 0 Å². The van der Waals surface area contributed by atoms with E-state index in [4.69, 9.17) is 0 Å². The van der Waals surface area contributed by atoms with Crippen LogP contribution in [0.5, 0.6) is 0 Å². The number of carbonyl (C=O) groups excluding carboxylic acids is 2. The molecule has 0 aromatic rings. The second-order valence-electron chi connectivity index (χ2n) is 5.61. The number of carboxylic acids is 1. The highest BCUT2D eigenvalue weighted by atomic mass is 16.4. The molecule has 0 aromatic carbocycles. The number of rotatable bonds is 5. The topological polar surface area (TPSA) is 98.7 Å². The number of urea groups is 1. The molecular formula is C13H23N3O4. The number of nitrogens with one attached hydrogen (secondary N) is 2. The SMILES string of the molecule is CN(C)C(=O)CCNC(=O)NC1CCCC1(C)C(=O)O. The van der Waals surface area contributed by atoms with Crippen LogP contribution in [0, 0.1) is 5.41 Å². The third kappa shape index (κ3) is 3.85. The number of aliphatic carboxylic acids is 1. The van der Waals surface area contributed by atoms with Crippen LogP contribution in [0.4, 0.5) is 4.79 Å². The van der Waals surface area contributed by atoms with Crippen LogP contribution < -0.4 is 10.6 Å². The molecule has 7 heteroatoms. The lowest BCUT2D eigenvalue weighted by molar-refractivity contribution is -0.148. The van der Waals surface area contributed by atoms with Gasteiger partial charge in [-0.3, -0.25) is 9.59 Å². The van der Waals surface area contributed by atoms with Crippen LogP contribution in [0.2, 0.25) is 0 Å². The molecule has 0 saturated heterocycles. The van der Waals surface area contributed by atoms with E-state index in [1.54, 1.807) is 21.0 Å². The molecule has 1 aliphatic carbocycles. The predicted molar refractivity (Wildman–Crippen MR) is 73.2 cm³/mol. The molecule has 3 N–H and O–H groups in total. The predicted octanol–water partition coefficient (Wildman–Crippen LogP) is 0.407.